The molecule has 7 nitrogen and oxygen atoms in total. The van der Waals surface area contributed by atoms with Gasteiger partial charge in [-0.1, -0.05) is 19.9 Å². The highest BCUT2D eigenvalue weighted by Crippen LogP contribution is 2.26. The number of carbonyl (C=O) groups is 2. The Morgan fingerprint density at radius 1 is 1.27 bits per heavy atom. The fourth-order valence-corrected chi connectivity index (χ4v) is 3.18. The molecule has 7 heteroatoms. The van der Waals surface area contributed by atoms with Crippen molar-refractivity contribution in [2.45, 2.75) is 46.3 Å². The van der Waals surface area contributed by atoms with Crippen LogP contribution >= 0.6 is 0 Å². The summed E-state index contributed by atoms with van der Waals surface area (Å²) in [6.07, 6.45) is 3.84. The van der Waals surface area contributed by atoms with E-state index < -0.39 is 0 Å². The maximum absolute atomic E-state index is 12.3. The van der Waals surface area contributed by atoms with Crippen molar-refractivity contribution >= 4 is 11.8 Å². The number of carbonyl (C=O) groups excluding carboxylic acids is 2. The van der Waals surface area contributed by atoms with E-state index >= 15 is 0 Å². The molecule has 0 fully saturated rings. The highest BCUT2D eigenvalue weighted by atomic mass is 16.2. The maximum Gasteiger partial charge on any atom is 0.226 e. The van der Waals surface area contributed by atoms with Crippen molar-refractivity contribution in [1.82, 2.24) is 24.8 Å². The van der Waals surface area contributed by atoms with Crippen molar-refractivity contribution in [3.05, 3.63) is 47.8 Å². The standard InChI is InChI=1S/C19H25N5O2/c1-13(2)19(26)24-9-8-23-12-16(22-18(23)14(24)3)10-17(25)21-11-15-6-4-5-7-20-15/h4-7,12-14H,8-11H2,1-3H3,(H,21,25). The van der Waals surface area contributed by atoms with Crippen molar-refractivity contribution in [1.29, 1.82) is 0 Å². The van der Waals surface area contributed by atoms with E-state index in [2.05, 4.69) is 19.9 Å². The second kappa shape index (κ2) is 7.68. The van der Waals surface area contributed by atoms with E-state index in [1.165, 1.54) is 0 Å². The molecule has 138 valence electrons. The molecule has 0 bridgehead atoms. The van der Waals surface area contributed by atoms with E-state index in [0.29, 0.717) is 19.6 Å². The number of hydrogen-bond donors (Lipinski definition) is 1. The Labute approximate surface area is 153 Å². The summed E-state index contributed by atoms with van der Waals surface area (Å²) in [6, 6.07) is 5.53. The third kappa shape index (κ3) is 3.92. The van der Waals surface area contributed by atoms with E-state index in [9.17, 15) is 9.59 Å². The van der Waals surface area contributed by atoms with Gasteiger partial charge < -0.3 is 14.8 Å². The van der Waals surface area contributed by atoms with Crippen molar-refractivity contribution in [2.24, 2.45) is 5.92 Å². The van der Waals surface area contributed by atoms with Gasteiger partial charge in [-0.05, 0) is 19.1 Å². The molecule has 2 aromatic heterocycles. The Morgan fingerprint density at radius 3 is 2.77 bits per heavy atom. The van der Waals surface area contributed by atoms with Crippen LogP contribution in [-0.4, -0.2) is 37.8 Å². The zero-order chi connectivity index (χ0) is 18.7. The average molecular weight is 355 g/mol. The summed E-state index contributed by atoms with van der Waals surface area (Å²) in [6.45, 7) is 7.60. The van der Waals surface area contributed by atoms with E-state index in [1.54, 1.807) is 6.20 Å². The van der Waals surface area contributed by atoms with Gasteiger partial charge in [0, 0.05) is 31.4 Å². The minimum Gasteiger partial charge on any atom is -0.350 e. The molecule has 26 heavy (non-hydrogen) atoms. The molecule has 1 aliphatic heterocycles. The van der Waals surface area contributed by atoms with Gasteiger partial charge in [-0.15, -0.1) is 0 Å². The number of nitrogens with zero attached hydrogens (tertiary/aromatic N) is 4. The van der Waals surface area contributed by atoms with Crippen LogP contribution in [0.4, 0.5) is 0 Å². The van der Waals surface area contributed by atoms with Crippen molar-refractivity contribution in [3.63, 3.8) is 0 Å². The number of amides is 2. The van der Waals surface area contributed by atoms with Gasteiger partial charge in [0.2, 0.25) is 11.8 Å². The zero-order valence-corrected chi connectivity index (χ0v) is 15.5. The number of pyridine rings is 1. The van der Waals surface area contributed by atoms with Gasteiger partial charge in [0.1, 0.15) is 5.82 Å². The first-order valence-corrected chi connectivity index (χ1v) is 8.98. The SMILES string of the molecule is CC(C)C(=O)N1CCn2cc(CC(=O)NCc3ccccn3)nc2C1C. The van der Waals surface area contributed by atoms with Gasteiger partial charge in [0.25, 0.3) is 0 Å². The van der Waals surface area contributed by atoms with Gasteiger partial charge in [-0.3, -0.25) is 14.6 Å². The maximum atomic E-state index is 12.3. The fourth-order valence-electron chi connectivity index (χ4n) is 3.18. The van der Waals surface area contributed by atoms with Crippen LogP contribution in [0.5, 0.6) is 0 Å². The summed E-state index contributed by atoms with van der Waals surface area (Å²) in [4.78, 5) is 35.2. The quantitative estimate of drug-likeness (QED) is 0.885. The predicted octanol–water partition coefficient (Wildman–Crippen LogP) is 1.70. The molecular formula is C19H25N5O2. The van der Waals surface area contributed by atoms with Crippen LogP contribution in [-0.2, 0) is 29.1 Å². The number of fused-ring (bicyclic) bond motifs is 1. The summed E-state index contributed by atoms with van der Waals surface area (Å²) in [7, 11) is 0. The third-order valence-corrected chi connectivity index (χ3v) is 4.59. The van der Waals surface area contributed by atoms with E-state index in [1.807, 2.05) is 50.1 Å². The Hall–Kier alpha value is -2.70. The molecule has 3 heterocycles. The van der Waals surface area contributed by atoms with Gasteiger partial charge in [0.05, 0.1) is 30.4 Å². The van der Waals surface area contributed by atoms with E-state index in [4.69, 9.17) is 0 Å². The van der Waals surface area contributed by atoms with Crippen LogP contribution in [0.25, 0.3) is 0 Å². The molecular weight excluding hydrogens is 330 g/mol. The second-order valence-electron chi connectivity index (χ2n) is 6.92. The molecule has 0 saturated carbocycles. The first-order chi connectivity index (χ1) is 12.5. The van der Waals surface area contributed by atoms with Crippen LogP contribution in [0.3, 0.4) is 0 Å². The fraction of sp³-hybridized carbons (Fsp3) is 0.474. The minimum atomic E-state index is -0.0890. The van der Waals surface area contributed by atoms with Crippen LogP contribution < -0.4 is 5.32 Å². The summed E-state index contributed by atoms with van der Waals surface area (Å²) < 4.78 is 2.05. The third-order valence-electron chi connectivity index (χ3n) is 4.59. The Balaban J connectivity index is 1.62. The van der Waals surface area contributed by atoms with Gasteiger partial charge in [-0.2, -0.15) is 0 Å². The molecule has 1 aliphatic rings. The van der Waals surface area contributed by atoms with Crippen LogP contribution in [0.1, 0.15) is 44.0 Å². The molecule has 0 aromatic carbocycles. The van der Waals surface area contributed by atoms with Crippen molar-refractivity contribution in [3.8, 4) is 0 Å². The molecule has 0 aliphatic carbocycles. The second-order valence-corrected chi connectivity index (χ2v) is 6.92. The number of aromatic nitrogens is 3. The molecule has 0 radical (unpaired) electrons. The summed E-state index contributed by atoms with van der Waals surface area (Å²) in [5, 5.41) is 2.87. The lowest BCUT2D eigenvalue weighted by Crippen LogP contribution is -2.42. The van der Waals surface area contributed by atoms with E-state index in [-0.39, 0.29) is 30.2 Å². The molecule has 0 spiro atoms. The topological polar surface area (TPSA) is 80.1 Å². The highest BCUT2D eigenvalue weighted by Gasteiger charge is 2.30. The molecule has 0 saturated heterocycles. The lowest BCUT2D eigenvalue weighted by molar-refractivity contribution is -0.137. The van der Waals surface area contributed by atoms with E-state index in [0.717, 1.165) is 17.2 Å². The monoisotopic (exact) mass is 355 g/mol. The molecule has 3 rings (SSSR count). The summed E-state index contributed by atoms with van der Waals surface area (Å²) in [5.74, 6) is 0.865. The smallest absolute Gasteiger partial charge is 0.226 e. The lowest BCUT2D eigenvalue weighted by Gasteiger charge is -2.34. The van der Waals surface area contributed by atoms with Gasteiger partial charge >= 0.3 is 0 Å². The van der Waals surface area contributed by atoms with Gasteiger partial charge in [0.15, 0.2) is 0 Å². The molecule has 1 N–H and O–H groups in total. The molecule has 2 aromatic rings. The molecule has 1 unspecified atom stereocenters. The highest BCUT2D eigenvalue weighted by molar-refractivity contribution is 5.79. The first-order valence-electron chi connectivity index (χ1n) is 8.98. The molecule has 2 amide bonds. The van der Waals surface area contributed by atoms with Crippen molar-refractivity contribution in [2.75, 3.05) is 6.54 Å². The molecule has 1 atom stereocenters. The van der Waals surface area contributed by atoms with Crippen LogP contribution in [0.15, 0.2) is 30.6 Å². The number of hydrogen-bond acceptors (Lipinski definition) is 4. The van der Waals surface area contributed by atoms with Crippen molar-refractivity contribution < 1.29 is 9.59 Å². The number of rotatable bonds is 5. The largest absolute Gasteiger partial charge is 0.350 e. The first kappa shape index (κ1) is 18.1. The zero-order valence-electron chi connectivity index (χ0n) is 15.5. The summed E-state index contributed by atoms with van der Waals surface area (Å²) in [5.41, 5.74) is 1.55. The van der Waals surface area contributed by atoms with Crippen LogP contribution in [0, 0.1) is 5.92 Å². The normalized spacial score (nSPS) is 16.5. The lowest BCUT2D eigenvalue weighted by atomic mass is 10.1. The Morgan fingerprint density at radius 2 is 2.08 bits per heavy atom. The number of imidazole rings is 1. The number of nitrogens with one attached hydrogen (secondary N) is 1. The summed E-state index contributed by atoms with van der Waals surface area (Å²) >= 11 is 0. The Bertz CT molecular complexity index is 784. The van der Waals surface area contributed by atoms with Gasteiger partial charge in [-0.25, -0.2) is 4.98 Å². The predicted molar refractivity (Wildman–Crippen MR) is 97.0 cm³/mol. The average Bonchev–Trinajstić information content (AvgIpc) is 3.04. The minimum absolute atomic E-state index is 0.0317. The Kier molecular flexibility index (Phi) is 5.35. The van der Waals surface area contributed by atoms with Crippen LogP contribution in [0.2, 0.25) is 0 Å².